The van der Waals surface area contributed by atoms with Crippen molar-refractivity contribution in [3.05, 3.63) is 52.5 Å². The Balaban J connectivity index is 2.51. The number of carbonyl (C=O) groups is 1. The van der Waals surface area contributed by atoms with E-state index in [4.69, 9.17) is 16.7 Å². The predicted molar refractivity (Wildman–Crippen MR) is 66.3 cm³/mol. The molecule has 18 heavy (non-hydrogen) atoms. The van der Waals surface area contributed by atoms with Crippen LogP contribution in [0.25, 0.3) is 0 Å². The maximum absolute atomic E-state index is 12.1. The van der Waals surface area contributed by atoms with Crippen molar-refractivity contribution in [1.82, 2.24) is 0 Å². The molecule has 0 unspecified atom stereocenters. The Bertz CT molecular complexity index is 622. The molecule has 2 aromatic carbocycles. The number of hydrogen-bond acceptors (Lipinski definition) is 4. The lowest BCUT2D eigenvalue weighted by molar-refractivity contribution is 0.103. The fourth-order valence-electron chi connectivity index (χ4n) is 1.55. The van der Waals surface area contributed by atoms with Gasteiger partial charge in [-0.2, -0.15) is 0 Å². The van der Waals surface area contributed by atoms with E-state index >= 15 is 0 Å². The molecule has 2 aromatic rings. The first-order chi connectivity index (χ1) is 8.49. The molecule has 0 fully saturated rings. The number of benzene rings is 2. The molecule has 0 bridgehead atoms. The average molecular weight is 265 g/mol. The van der Waals surface area contributed by atoms with Crippen molar-refractivity contribution >= 4 is 17.4 Å². The van der Waals surface area contributed by atoms with Gasteiger partial charge in [0.1, 0.15) is 17.2 Å². The summed E-state index contributed by atoms with van der Waals surface area (Å²) in [6.45, 7) is 0. The molecule has 2 rings (SSSR count). The standard InChI is InChI=1S/C13H9ClO4/c14-7-1-4-11(16)10(5-7)13(18)9-3-2-8(15)6-12(9)17/h1-6,15-17H. The monoisotopic (exact) mass is 264 g/mol. The lowest BCUT2D eigenvalue weighted by Crippen LogP contribution is -2.02. The Kier molecular flexibility index (Phi) is 3.12. The van der Waals surface area contributed by atoms with Crippen LogP contribution in [0.3, 0.4) is 0 Å². The van der Waals surface area contributed by atoms with Crippen molar-refractivity contribution in [3.8, 4) is 17.2 Å². The van der Waals surface area contributed by atoms with Gasteiger partial charge in [0, 0.05) is 11.1 Å². The summed E-state index contributed by atoms with van der Waals surface area (Å²) in [6.07, 6.45) is 0. The second-order valence-electron chi connectivity index (χ2n) is 3.69. The van der Waals surface area contributed by atoms with Crippen molar-refractivity contribution in [1.29, 1.82) is 0 Å². The minimum Gasteiger partial charge on any atom is -0.508 e. The number of hydrogen-bond donors (Lipinski definition) is 3. The second kappa shape index (κ2) is 4.58. The maximum atomic E-state index is 12.1. The molecule has 0 aliphatic rings. The van der Waals surface area contributed by atoms with Crippen molar-refractivity contribution < 1.29 is 20.1 Å². The summed E-state index contributed by atoms with van der Waals surface area (Å²) >= 11 is 5.75. The highest BCUT2D eigenvalue weighted by Gasteiger charge is 2.17. The van der Waals surface area contributed by atoms with Crippen LogP contribution in [-0.2, 0) is 0 Å². The summed E-state index contributed by atoms with van der Waals surface area (Å²) in [7, 11) is 0. The molecular weight excluding hydrogens is 256 g/mol. The molecule has 0 saturated heterocycles. The Morgan fingerprint density at radius 1 is 0.889 bits per heavy atom. The Hall–Kier alpha value is -2.20. The lowest BCUT2D eigenvalue weighted by Gasteiger charge is -2.06. The minimum absolute atomic E-state index is 0.0107. The fraction of sp³-hybridized carbons (Fsp3) is 0. The SMILES string of the molecule is O=C(c1ccc(O)cc1O)c1cc(Cl)ccc1O. The number of phenolic OH excluding ortho intramolecular Hbond substituents is 3. The molecule has 0 atom stereocenters. The first kappa shape index (κ1) is 12.3. The lowest BCUT2D eigenvalue weighted by atomic mass is 10.0. The molecule has 0 radical (unpaired) electrons. The van der Waals surface area contributed by atoms with Gasteiger partial charge in [0.25, 0.3) is 0 Å². The third-order valence-corrected chi connectivity index (χ3v) is 2.66. The van der Waals surface area contributed by atoms with Gasteiger partial charge < -0.3 is 15.3 Å². The van der Waals surface area contributed by atoms with Crippen LogP contribution in [0, 0.1) is 0 Å². The van der Waals surface area contributed by atoms with E-state index in [1.807, 2.05) is 0 Å². The van der Waals surface area contributed by atoms with Gasteiger partial charge in [0.2, 0.25) is 5.78 Å². The van der Waals surface area contributed by atoms with Crippen LogP contribution in [0.5, 0.6) is 17.2 Å². The molecule has 3 N–H and O–H groups in total. The van der Waals surface area contributed by atoms with Crippen molar-refractivity contribution in [2.45, 2.75) is 0 Å². The number of aromatic hydroxyl groups is 3. The Morgan fingerprint density at radius 3 is 2.28 bits per heavy atom. The molecule has 4 nitrogen and oxygen atoms in total. The van der Waals surface area contributed by atoms with Gasteiger partial charge in [-0.3, -0.25) is 4.79 Å². The molecule has 92 valence electrons. The Morgan fingerprint density at radius 2 is 1.61 bits per heavy atom. The first-order valence-electron chi connectivity index (χ1n) is 5.04. The maximum Gasteiger partial charge on any atom is 0.200 e. The summed E-state index contributed by atoms with van der Waals surface area (Å²) in [5, 5.41) is 28.6. The number of phenols is 3. The van der Waals surface area contributed by atoms with Crippen molar-refractivity contribution in [3.63, 3.8) is 0 Å². The highest BCUT2D eigenvalue weighted by molar-refractivity contribution is 6.31. The molecule has 0 amide bonds. The van der Waals surface area contributed by atoms with Crippen LogP contribution in [0.1, 0.15) is 15.9 Å². The van der Waals surface area contributed by atoms with Gasteiger partial charge in [-0.25, -0.2) is 0 Å². The fourth-order valence-corrected chi connectivity index (χ4v) is 1.72. The van der Waals surface area contributed by atoms with Gasteiger partial charge in [-0.15, -0.1) is 0 Å². The zero-order valence-corrected chi connectivity index (χ0v) is 9.85. The minimum atomic E-state index is -0.576. The first-order valence-corrected chi connectivity index (χ1v) is 5.42. The summed E-state index contributed by atoms with van der Waals surface area (Å²) in [6, 6.07) is 7.65. The summed E-state index contributed by atoms with van der Waals surface area (Å²) in [5.74, 6) is -1.32. The largest absolute Gasteiger partial charge is 0.508 e. The van der Waals surface area contributed by atoms with Gasteiger partial charge in [0.05, 0.1) is 11.1 Å². The van der Waals surface area contributed by atoms with Crippen LogP contribution in [0.15, 0.2) is 36.4 Å². The number of ketones is 1. The van der Waals surface area contributed by atoms with E-state index in [1.54, 1.807) is 0 Å². The molecular formula is C13H9ClO4. The van der Waals surface area contributed by atoms with E-state index in [0.717, 1.165) is 6.07 Å². The molecule has 0 aromatic heterocycles. The van der Waals surface area contributed by atoms with Crippen LogP contribution in [0.4, 0.5) is 0 Å². The van der Waals surface area contributed by atoms with E-state index in [1.165, 1.54) is 30.3 Å². The molecule has 0 aliphatic carbocycles. The third kappa shape index (κ3) is 2.24. The van der Waals surface area contributed by atoms with E-state index in [-0.39, 0.29) is 28.4 Å². The van der Waals surface area contributed by atoms with E-state index in [9.17, 15) is 15.0 Å². The van der Waals surface area contributed by atoms with Crippen LogP contribution in [0.2, 0.25) is 5.02 Å². The molecule has 5 heteroatoms. The van der Waals surface area contributed by atoms with E-state index in [0.29, 0.717) is 5.02 Å². The summed E-state index contributed by atoms with van der Waals surface area (Å²) in [5.41, 5.74) is -0.0335. The van der Waals surface area contributed by atoms with Gasteiger partial charge in [-0.1, -0.05) is 11.6 Å². The highest BCUT2D eigenvalue weighted by atomic mass is 35.5. The molecule has 0 saturated carbocycles. The van der Waals surface area contributed by atoms with Gasteiger partial charge in [-0.05, 0) is 30.3 Å². The average Bonchev–Trinajstić information content (AvgIpc) is 2.31. The second-order valence-corrected chi connectivity index (χ2v) is 4.13. The molecule has 0 heterocycles. The van der Waals surface area contributed by atoms with Crippen molar-refractivity contribution in [2.75, 3.05) is 0 Å². The normalized spacial score (nSPS) is 10.3. The number of halogens is 1. The van der Waals surface area contributed by atoms with Crippen LogP contribution in [-0.4, -0.2) is 21.1 Å². The molecule has 0 spiro atoms. The number of rotatable bonds is 2. The smallest absolute Gasteiger partial charge is 0.200 e. The van der Waals surface area contributed by atoms with E-state index in [2.05, 4.69) is 0 Å². The van der Waals surface area contributed by atoms with Crippen LogP contribution < -0.4 is 0 Å². The topological polar surface area (TPSA) is 77.8 Å². The third-order valence-electron chi connectivity index (χ3n) is 2.43. The number of carbonyl (C=O) groups excluding carboxylic acids is 1. The van der Waals surface area contributed by atoms with Crippen molar-refractivity contribution in [2.24, 2.45) is 0 Å². The zero-order chi connectivity index (χ0) is 13.3. The molecule has 0 aliphatic heterocycles. The Labute approximate surface area is 108 Å². The summed E-state index contributed by atoms with van der Waals surface area (Å²) < 4.78 is 0. The van der Waals surface area contributed by atoms with Crippen LogP contribution >= 0.6 is 11.6 Å². The zero-order valence-electron chi connectivity index (χ0n) is 9.09. The van der Waals surface area contributed by atoms with Gasteiger partial charge >= 0.3 is 0 Å². The van der Waals surface area contributed by atoms with Gasteiger partial charge in [0.15, 0.2) is 0 Å². The quantitative estimate of drug-likeness (QED) is 0.729. The van der Waals surface area contributed by atoms with E-state index < -0.39 is 5.78 Å². The summed E-state index contributed by atoms with van der Waals surface area (Å²) in [4.78, 5) is 12.1. The predicted octanol–water partition coefficient (Wildman–Crippen LogP) is 2.69. The highest BCUT2D eigenvalue weighted by Crippen LogP contribution is 2.29.